The second-order valence-electron chi connectivity index (χ2n) is 1.25. The number of hydrogen-bond donors (Lipinski definition) is 1. The van der Waals surface area contributed by atoms with Gasteiger partial charge in [0.05, 0.1) is 0 Å². The van der Waals surface area contributed by atoms with Crippen molar-refractivity contribution >= 4 is 23.2 Å². The first-order chi connectivity index (χ1) is 3.27. The minimum Gasteiger partial charge on any atom is -0.289 e. The lowest BCUT2D eigenvalue weighted by molar-refractivity contribution is 0.726. The Labute approximate surface area is 54.0 Å². The van der Waals surface area contributed by atoms with E-state index in [-0.39, 0.29) is 0 Å². The third-order valence-corrected chi connectivity index (χ3v) is 0.857. The van der Waals surface area contributed by atoms with Crippen molar-refractivity contribution < 1.29 is 0 Å². The first-order valence-corrected chi connectivity index (χ1v) is 3.16. The van der Waals surface area contributed by atoms with Gasteiger partial charge in [-0.15, -0.1) is 0 Å². The SMILES string of the molecule is CCCNC(Cl)Cl. The molecule has 0 aliphatic heterocycles. The Morgan fingerprint density at radius 1 is 1.57 bits per heavy atom. The van der Waals surface area contributed by atoms with Crippen molar-refractivity contribution in [2.24, 2.45) is 0 Å². The van der Waals surface area contributed by atoms with Crippen LogP contribution < -0.4 is 5.32 Å². The van der Waals surface area contributed by atoms with E-state index >= 15 is 0 Å². The summed E-state index contributed by atoms with van der Waals surface area (Å²) >= 11 is 10.6. The average Bonchev–Trinajstić information content (AvgIpc) is 1.61. The highest BCUT2D eigenvalue weighted by molar-refractivity contribution is 6.43. The molecular formula is C4H9Cl2N. The number of hydrogen-bond acceptors (Lipinski definition) is 1. The maximum absolute atomic E-state index is 5.31. The van der Waals surface area contributed by atoms with Gasteiger partial charge < -0.3 is 0 Å². The second kappa shape index (κ2) is 4.69. The Kier molecular flexibility index (Phi) is 5.05. The predicted molar refractivity (Wildman–Crippen MR) is 33.8 cm³/mol. The molecule has 0 unspecified atom stereocenters. The molecule has 0 amide bonds. The molecule has 0 aromatic carbocycles. The van der Waals surface area contributed by atoms with Gasteiger partial charge in [0, 0.05) is 0 Å². The molecule has 1 nitrogen and oxygen atoms in total. The van der Waals surface area contributed by atoms with E-state index in [4.69, 9.17) is 23.2 Å². The fourth-order valence-corrected chi connectivity index (χ4v) is 0.472. The van der Waals surface area contributed by atoms with Crippen LogP contribution in [0.3, 0.4) is 0 Å². The van der Waals surface area contributed by atoms with Gasteiger partial charge in [-0.25, -0.2) is 0 Å². The molecule has 44 valence electrons. The van der Waals surface area contributed by atoms with Gasteiger partial charge in [-0.05, 0) is 13.0 Å². The first kappa shape index (κ1) is 7.54. The lowest BCUT2D eigenvalue weighted by Gasteiger charge is -1.99. The average molecular weight is 142 g/mol. The van der Waals surface area contributed by atoms with Crippen molar-refractivity contribution in [1.29, 1.82) is 0 Å². The highest BCUT2D eigenvalue weighted by Gasteiger charge is 1.90. The van der Waals surface area contributed by atoms with Gasteiger partial charge in [-0.1, -0.05) is 30.1 Å². The Bertz CT molecular complexity index is 38.7. The van der Waals surface area contributed by atoms with E-state index in [2.05, 4.69) is 12.2 Å². The quantitative estimate of drug-likeness (QED) is 0.467. The molecule has 0 aromatic heterocycles. The van der Waals surface area contributed by atoms with Crippen LogP contribution in [0.4, 0.5) is 0 Å². The predicted octanol–water partition coefficient (Wildman–Crippen LogP) is 1.75. The third-order valence-electron chi connectivity index (χ3n) is 0.549. The van der Waals surface area contributed by atoms with E-state index in [1.165, 1.54) is 0 Å². The van der Waals surface area contributed by atoms with Crippen LogP contribution in [0, 0.1) is 0 Å². The summed E-state index contributed by atoms with van der Waals surface area (Å²) in [6.45, 7) is 2.95. The first-order valence-electron chi connectivity index (χ1n) is 2.29. The molecule has 0 aliphatic carbocycles. The van der Waals surface area contributed by atoms with E-state index in [0.717, 1.165) is 13.0 Å². The molecule has 0 fully saturated rings. The van der Waals surface area contributed by atoms with Crippen molar-refractivity contribution in [2.45, 2.75) is 18.3 Å². The fourth-order valence-electron chi connectivity index (χ4n) is 0.253. The molecule has 0 bridgehead atoms. The topological polar surface area (TPSA) is 12.0 Å². The van der Waals surface area contributed by atoms with E-state index in [9.17, 15) is 0 Å². The number of rotatable bonds is 3. The summed E-state index contributed by atoms with van der Waals surface area (Å²) in [5, 5.41) is 2.83. The van der Waals surface area contributed by atoms with Crippen molar-refractivity contribution in [1.82, 2.24) is 5.32 Å². The zero-order valence-electron chi connectivity index (χ0n) is 4.25. The molecule has 0 rings (SSSR count). The molecule has 1 N–H and O–H groups in total. The molecule has 0 spiro atoms. The number of halogens is 2. The summed E-state index contributed by atoms with van der Waals surface area (Å²) in [5.41, 5.74) is 0. The minimum atomic E-state index is -0.403. The lowest BCUT2D eigenvalue weighted by Crippen LogP contribution is -2.18. The van der Waals surface area contributed by atoms with E-state index in [0.29, 0.717) is 0 Å². The van der Waals surface area contributed by atoms with E-state index in [1.807, 2.05) is 0 Å². The highest BCUT2D eigenvalue weighted by atomic mass is 35.5. The fraction of sp³-hybridized carbons (Fsp3) is 1.00. The molecule has 0 atom stereocenters. The number of nitrogens with one attached hydrogen (secondary N) is 1. The van der Waals surface area contributed by atoms with Gasteiger partial charge in [-0.3, -0.25) is 5.32 Å². The summed E-state index contributed by atoms with van der Waals surface area (Å²) in [4.78, 5) is -0.403. The molecular weight excluding hydrogens is 133 g/mol. The lowest BCUT2D eigenvalue weighted by atomic mass is 10.5. The Hall–Kier alpha value is 0.540. The van der Waals surface area contributed by atoms with Gasteiger partial charge >= 0.3 is 0 Å². The van der Waals surface area contributed by atoms with E-state index in [1.54, 1.807) is 0 Å². The van der Waals surface area contributed by atoms with Crippen molar-refractivity contribution in [3.05, 3.63) is 0 Å². The van der Waals surface area contributed by atoms with Crippen molar-refractivity contribution in [3.8, 4) is 0 Å². The normalized spacial score (nSPS) is 10.3. The highest BCUT2D eigenvalue weighted by Crippen LogP contribution is 1.94. The Balaban J connectivity index is 2.68. The largest absolute Gasteiger partial charge is 0.289 e. The van der Waals surface area contributed by atoms with Crippen LogP contribution in [0.2, 0.25) is 0 Å². The number of alkyl halides is 2. The van der Waals surface area contributed by atoms with Crippen LogP contribution in [0.5, 0.6) is 0 Å². The summed E-state index contributed by atoms with van der Waals surface area (Å²) in [7, 11) is 0. The van der Waals surface area contributed by atoms with Crippen LogP contribution in [0.1, 0.15) is 13.3 Å². The zero-order chi connectivity index (χ0) is 5.70. The monoisotopic (exact) mass is 141 g/mol. The summed E-state index contributed by atoms with van der Waals surface area (Å²) in [6.07, 6.45) is 1.07. The van der Waals surface area contributed by atoms with Gasteiger partial charge in [0.2, 0.25) is 0 Å². The molecule has 0 aliphatic rings. The van der Waals surface area contributed by atoms with Crippen LogP contribution in [-0.2, 0) is 0 Å². The van der Waals surface area contributed by atoms with Gasteiger partial charge in [0.1, 0.15) is 0 Å². The van der Waals surface area contributed by atoms with Crippen LogP contribution in [-0.4, -0.2) is 11.5 Å². The molecule has 0 heterocycles. The Morgan fingerprint density at radius 3 is 2.29 bits per heavy atom. The summed E-state index contributed by atoms with van der Waals surface area (Å²) in [6, 6.07) is 0. The second-order valence-corrected chi connectivity index (χ2v) is 2.35. The summed E-state index contributed by atoms with van der Waals surface area (Å²) < 4.78 is 0. The smallest absolute Gasteiger partial charge is 0.158 e. The summed E-state index contributed by atoms with van der Waals surface area (Å²) in [5.74, 6) is 0. The standard InChI is InChI=1S/C4H9Cl2N/c1-2-3-7-4(5)6/h4,7H,2-3H2,1H3. The molecule has 0 aromatic rings. The zero-order valence-corrected chi connectivity index (χ0v) is 5.76. The van der Waals surface area contributed by atoms with Crippen molar-refractivity contribution in [3.63, 3.8) is 0 Å². The molecule has 3 heteroatoms. The van der Waals surface area contributed by atoms with Crippen LogP contribution >= 0.6 is 23.2 Å². The maximum Gasteiger partial charge on any atom is 0.158 e. The minimum absolute atomic E-state index is 0.403. The molecule has 0 saturated heterocycles. The van der Waals surface area contributed by atoms with Crippen molar-refractivity contribution in [2.75, 3.05) is 6.54 Å². The van der Waals surface area contributed by atoms with Gasteiger partial charge in [-0.2, -0.15) is 0 Å². The molecule has 0 radical (unpaired) electrons. The third kappa shape index (κ3) is 6.54. The van der Waals surface area contributed by atoms with E-state index < -0.39 is 4.96 Å². The van der Waals surface area contributed by atoms with Gasteiger partial charge in [0.15, 0.2) is 4.96 Å². The Morgan fingerprint density at radius 2 is 2.14 bits per heavy atom. The van der Waals surface area contributed by atoms with Gasteiger partial charge in [0.25, 0.3) is 0 Å². The maximum atomic E-state index is 5.31. The molecule has 7 heavy (non-hydrogen) atoms. The van der Waals surface area contributed by atoms with Crippen LogP contribution in [0.25, 0.3) is 0 Å². The molecule has 0 saturated carbocycles. The van der Waals surface area contributed by atoms with Crippen LogP contribution in [0.15, 0.2) is 0 Å².